The van der Waals surface area contributed by atoms with E-state index in [4.69, 9.17) is 4.74 Å². The quantitative estimate of drug-likeness (QED) is 0.776. The number of likely N-dealkylation sites (N-methyl/N-ethyl adjacent to an activating group) is 1. The third-order valence-electron chi connectivity index (χ3n) is 3.50. The van der Waals surface area contributed by atoms with Gasteiger partial charge in [0.05, 0.1) is 11.1 Å². The van der Waals surface area contributed by atoms with Crippen LogP contribution in [0.1, 0.15) is 38.5 Å². The summed E-state index contributed by atoms with van der Waals surface area (Å²) < 4.78 is 6.05. The summed E-state index contributed by atoms with van der Waals surface area (Å²) in [7, 11) is 2.02. The monoisotopic (exact) mass is 256 g/mol. The number of nitrogens with one attached hydrogen (secondary N) is 1. The first-order chi connectivity index (χ1) is 8.22. The normalized spacial score (nSPS) is 13.9. The summed E-state index contributed by atoms with van der Waals surface area (Å²) in [6, 6.07) is 0.345. The highest BCUT2D eigenvalue weighted by atomic mass is 32.1. The lowest BCUT2D eigenvalue weighted by Gasteiger charge is -2.39. The molecule has 98 valence electrons. The van der Waals surface area contributed by atoms with Crippen LogP contribution in [0.3, 0.4) is 0 Å². The molecule has 0 aliphatic rings. The van der Waals surface area contributed by atoms with E-state index in [1.807, 2.05) is 18.8 Å². The summed E-state index contributed by atoms with van der Waals surface area (Å²) in [6.07, 6.45) is 5.00. The van der Waals surface area contributed by atoms with E-state index in [1.54, 1.807) is 11.3 Å². The summed E-state index contributed by atoms with van der Waals surface area (Å²) in [5, 5.41) is 3.42. The second kappa shape index (κ2) is 7.09. The summed E-state index contributed by atoms with van der Waals surface area (Å²) in [5.41, 5.74) is 1.83. The number of ether oxygens (including phenoxy) is 1. The van der Waals surface area contributed by atoms with Crippen LogP contribution in [0.2, 0.25) is 0 Å². The van der Waals surface area contributed by atoms with Crippen molar-refractivity contribution >= 4 is 11.3 Å². The van der Waals surface area contributed by atoms with Crippen molar-refractivity contribution < 1.29 is 4.74 Å². The van der Waals surface area contributed by atoms with Crippen LogP contribution in [0.15, 0.2) is 11.7 Å². The predicted octanol–water partition coefficient (Wildman–Crippen LogP) is 2.87. The van der Waals surface area contributed by atoms with Crippen LogP contribution >= 0.6 is 11.3 Å². The minimum absolute atomic E-state index is 0.0620. The van der Waals surface area contributed by atoms with Crippen molar-refractivity contribution in [3.63, 3.8) is 0 Å². The second-order valence-corrected chi connectivity index (χ2v) is 5.19. The van der Waals surface area contributed by atoms with Crippen molar-refractivity contribution in [1.82, 2.24) is 10.3 Å². The van der Waals surface area contributed by atoms with Crippen LogP contribution in [0.5, 0.6) is 0 Å². The first kappa shape index (κ1) is 14.6. The van der Waals surface area contributed by atoms with Gasteiger partial charge in [0.25, 0.3) is 0 Å². The van der Waals surface area contributed by atoms with Gasteiger partial charge in [-0.3, -0.25) is 4.98 Å². The molecule has 0 saturated carbocycles. The van der Waals surface area contributed by atoms with Gasteiger partial charge >= 0.3 is 0 Å². The Bertz CT molecular complexity index is 296. The molecule has 0 fully saturated rings. The molecule has 0 saturated heterocycles. The lowest BCUT2D eigenvalue weighted by molar-refractivity contribution is -0.0702. The van der Waals surface area contributed by atoms with Gasteiger partial charge in [0.1, 0.15) is 0 Å². The van der Waals surface area contributed by atoms with Crippen LogP contribution in [0.25, 0.3) is 0 Å². The molecular formula is C13H24N2OS. The molecular weight excluding hydrogens is 232 g/mol. The fourth-order valence-corrected chi connectivity index (χ4v) is 3.07. The number of thiazole rings is 1. The van der Waals surface area contributed by atoms with E-state index in [0.717, 1.165) is 25.9 Å². The molecule has 1 N–H and O–H groups in total. The van der Waals surface area contributed by atoms with E-state index in [0.29, 0.717) is 6.04 Å². The standard InChI is InChI=1S/C13H24N2OS/c1-5-13(6-2,16-7-3)12(14-4)8-11-9-15-10-17-11/h9-10,12,14H,5-8H2,1-4H3. The molecule has 0 aromatic carbocycles. The van der Waals surface area contributed by atoms with Crippen LogP contribution in [-0.4, -0.2) is 30.3 Å². The first-order valence-corrected chi connectivity index (χ1v) is 7.28. The molecule has 0 aliphatic carbocycles. The molecule has 4 heteroatoms. The van der Waals surface area contributed by atoms with E-state index in [9.17, 15) is 0 Å². The van der Waals surface area contributed by atoms with Gasteiger partial charge in [-0.1, -0.05) is 13.8 Å². The zero-order chi connectivity index (χ0) is 12.7. The zero-order valence-corrected chi connectivity index (χ0v) is 12.1. The Kier molecular flexibility index (Phi) is 6.09. The minimum Gasteiger partial charge on any atom is -0.374 e. The van der Waals surface area contributed by atoms with Gasteiger partial charge in [-0.25, -0.2) is 0 Å². The number of aromatic nitrogens is 1. The van der Waals surface area contributed by atoms with Crippen LogP contribution in [0, 0.1) is 0 Å². The van der Waals surface area contributed by atoms with Crippen molar-refractivity contribution in [2.45, 2.75) is 51.7 Å². The molecule has 1 aromatic heterocycles. The van der Waals surface area contributed by atoms with Gasteiger partial charge in [0, 0.05) is 30.1 Å². The van der Waals surface area contributed by atoms with E-state index in [1.165, 1.54) is 4.88 Å². The smallest absolute Gasteiger partial charge is 0.0832 e. The highest BCUT2D eigenvalue weighted by Crippen LogP contribution is 2.28. The Balaban J connectivity index is 2.80. The molecule has 0 radical (unpaired) electrons. The summed E-state index contributed by atoms with van der Waals surface area (Å²) in [4.78, 5) is 5.45. The minimum atomic E-state index is -0.0620. The van der Waals surface area contributed by atoms with Gasteiger partial charge in [-0.2, -0.15) is 0 Å². The third-order valence-corrected chi connectivity index (χ3v) is 4.30. The third kappa shape index (κ3) is 3.50. The van der Waals surface area contributed by atoms with Crippen molar-refractivity contribution in [2.24, 2.45) is 0 Å². The SMILES string of the molecule is CCOC(CC)(CC)C(Cc1cncs1)NC. The van der Waals surface area contributed by atoms with Crippen molar-refractivity contribution in [1.29, 1.82) is 0 Å². The van der Waals surface area contributed by atoms with Gasteiger partial charge in [0.15, 0.2) is 0 Å². The topological polar surface area (TPSA) is 34.1 Å². The van der Waals surface area contributed by atoms with E-state index in [2.05, 4.69) is 31.1 Å². The average Bonchev–Trinajstić information content (AvgIpc) is 2.86. The maximum atomic E-state index is 6.05. The van der Waals surface area contributed by atoms with Gasteiger partial charge in [-0.15, -0.1) is 11.3 Å². The Hall–Kier alpha value is -0.450. The lowest BCUT2D eigenvalue weighted by Crippen LogP contribution is -2.52. The van der Waals surface area contributed by atoms with E-state index >= 15 is 0 Å². The van der Waals surface area contributed by atoms with Crippen LogP contribution in [0.4, 0.5) is 0 Å². The van der Waals surface area contributed by atoms with Gasteiger partial charge in [0.2, 0.25) is 0 Å². The largest absolute Gasteiger partial charge is 0.374 e. The van der Waals surface area contributed by atoms with Crippen molar-refractivity contribution in [3.05, 3.63) is 16.6 Å². The van der Waals surface area contributed by atoms with Gasteiger partial charge in [-0.05, 0) is 26.8 Å². The van der Waals surface area contributed by atoms with Gasteiger partial charge < -0.3 is 10.1 Å². The average molecular weight is 256 g/mol. The van der Waals surface area contributed by atoms with Crippen LogP contribution in [-0.2, 0) is 11.2 Å². The Morgan fingerprint density at radius 2 is 2.12 bits per heavy atom. The molecule has 0 aliphatic heterocycles. The molecule has 1 rings (SSSR count). The molecule has 3 nitrogen and oxygen atoms in total. The number of hydrogen-bond donors (Lipinski definition) is 1. The highest BCUT2D eigenvalue weighted by molar-refractivity contribution is 7.09. The highest BCUT2D eigenvalue weighted by Gasteiger charge is 2.35. The van der Waals surface area contributed by atoms with Crippen molar-refractivity contribution in [2.75, 3.05) is 13.7 Å². The molecule has 0 spiro atoms. The lowest BCUT2D eigenvalue weighted by atomic mass is 9.86. The first-order valence-electron chi connectivity index (χ1n) is 6.41. The molecule has 1 unspecified atom stereocenters. The second-order valence-electron chi connectivity index (χ2n) is 4.22. The maximum Gasteiger partial charge on any atom is 0.0832 e. The fraction of sp³-hybridized carbons (Fsp3) is 0.769. The van der Waals surface area contributed by atoms with Crippen LogP contribution < -0.4 is 5.32 Å². The van der Waals surface area contributed by atoms with E-state index in [-0.39, 0.29) is 5.60 Å². The molecule has 1 aromatic rings. The Morgan fingerprint density at radius 1 is 1.41 bits per heavy atom. The molecule has 17 heavy (non-hydrogen) atoms. The van der Waals surface area contributed by atoms with E-state index < -0.39 is 0 Å². The predicted molar refractivity (Wildman–Crippen MR) is 73.6 cm³/mol. The summed E-state index contributed by atoms with van der Waals surface area (Å²) >= 11 is 1.72. The number of nitrogens with zero attached hydrogens (tertiary/aromatic N) is 1. The Morgan fingerprint density at radius 3 is 2.53 bits per heavy atom. The zero-order valence-electron chi connectivity index (χ0n) is 11.3. The fourth-order valence-electron chi connectivity index (χ4n) is 2.43. The number of hydrogen-bond acceptors (Lipinski definition) is 4. The number of rotatable bonds is 8. The van der Waals surface area contributed by atoms with Crippen molar-refractivity contribution in [3.8, 4) is 0 Å². The maximum absolute atomic E-state index is 6.05. The molecule has 0 amide bonds. The summed E-state index contributed by atoms with van der Waals surface area (Å²) in [6.45, 7) is 7.24. The molecule has 1 atom stereocenters. The molecule has 0 bridgehead atoms. The molecule has 1 heterocycles. The Labute approximate surface area is 109 Å². The summed E-state index contributed by atoms with van der Waals surface area (Å²) in [5.74, 6) is 0.